The summed E-state index contributed by atoms with van der Waals surface area (Å²) in [6.07, 6.45) is 0. The Morgan fingerprint density at radius 3 is 2.42 bits per heavy atom. The number of hydrogen-bond donors (Lipinski definition) is 2. The minimum absolute atomic E-state index is 0.0670. The second-order valence-corrected chi connectivity index (χ2v) is 7.67. The molecule has 0 bridgehead atoms. The lowest BCUT2D eigenvalue weighted by Gasteiger charge is -2.16. The van der Waals surface area contributed by atoms with Crippen LogP contribution in [0.5, 0.6) is 0 Å². The number of nitrogens with two attached hydrogens (primary N) is 1. The van der Waals surface area contributed by atoms with Crippen LogP contribution in [0.15, 0.2) is 27.5 Å². The van der Waals surface area contributed by atoms with Gasteiger partial charge in [0.05, 0.1) is 6.04 Å². The molecule has 1 heterocycles. The Labute approximate surface area is 150 Å². The first-order valence-electron chi connectivity index (χ1n) is 6.91. The maximum atomic E-state index is 12.5. The lowest BCUT2D eigenvalue weighted by molar-refractivity contribution is 0.0935. The molecule has 1 unspecified atom stereocenters. The van der Waals surface area contributed by atoms with Gasteiger partial charge >= 0.3 is 0 Å². The molecule has 1 aromatic heterocycles. The van der Waals surface area contributed by atoms with E-state index in [2.05, 4.69) is 5.32 Å². The number of benzene rings is 1. The molecule has 0 spiro atoms. The fourth-order valence-corrected chi connectivity index (χ4v) is 4.00. The molecular formula is C15H16Cl2N2O4S. The van der Waals surface area contributed by atoms with Gasteiger partial charge in [0.25, 0.3) is 5.91 Å². The molecule has 2 aromatic rings. The van der Waals surface area contributed by atoms with Gasteiger partial charge in [-0.05, 0) is 38.5 Å². The topological polar surface area (TPSA) is 102 Å². The van der Waals surface area contributed by atoms with Crippen LogP contribution in [0.25, 0.3) is 0 Å². The number of rotatable bonds is 4. The Morgan fingerprint density at radius 2 is 1.88 bits per heavy atom. The van der Waals surface area contributed by atoms with Crippen molar-refractivity contribution in [2.24, 2.45) is 5.14 Å². The van der Waals surface area contributed by atoms with Gasteiger partial charge in [0.2, 0.25) is 10.0 Å². The Kier molecular flexibility index (Phi) is 5.29. The van der Waals surface area contributed by atoms with Gasteiger partial charge in [-0.15, -0.1) is 0 Å². The quantitative estimate of drug-likeness (QED) is 0.834. The van der Waals surface area contributed by atoms with E-state index in [9.17, 15) is 13.2 Å². The van der Waals surface area contributed by atoms with Crippen molar-refractivity contribution >= 4 is 39.1 Å². The maximum absolute atomic E-state index is 12.5. The van der Waals surface area contributed by atoms with Gasteiger partial charge in [-0.25, -0.2) is 13.6 Å². The molecule has 0 fully saturated rings. The molecule has 3 N–H and O–H groups in total. The Morgan fingerprint density at radius 1 is 1.25 bits per heavy atom. The third kappa shape index (κ3) is 3.75. The smallest absolute Gasteiger partial charge is 0.256 e. The lowest BCUT2D eigenvalue weighted by Crippen LogP contribution is -2.29. The Hall–Kier alpha value is -1.54. The molecule has 6 nitrogen and oxygen atoms in total. The molecule has 1 amide bonds. The van der Waals surface area contributed by atoms with Gasteiger partial charge in [-0.1, -0.05) is 29.3 Å². The summed E-state index contributed by atoms with van der Waals surface area (Å²) in [5, 5.41) is 8.74. The molecule has 1 aromatic carbocycles. The summed E-state index contributed by atoms with van der Waals surface area (Å²) in [6.45, 7) is 4.64. The van der Waals surface area contributed by atoms with Crippen molar-refractivity contribution in [2.75, 3.05) is 0 Å². The number of sulfonamides is 1. The molecule has 1 atom stereocenters. The first-order valence-corrected chi connectivity index (χ1v) is 9.21. The van der Waals surface area contributed by atoms with Crippen molar-refractivity contribution in [1.29, 1.82) is 0 Å². The highest BCUT2D eigenvalue weighted by molar-refractivity contribution is 7.89. The summed E-state index contributed by atoms with van der Waals surface area (Å²) in [6, 6.07) is 4.41. The van der Waals surface area contributed by atoms with Gasteiger partial charge in [0.1, 0.15) is 22.0 Å². The second kappa shape index (κ2) is 6.76. The van der Waals surface area contributed by atoms with Crippen molar-refractivity contribution in [2.45, 2.75) is 31.7 Å². The third-order valence-corrected chi connectivity index (χ3v) is 5.12. The first-order chi connectivity index (χ1) is 11.0. The van der Waals surface area contributed by atoms with E-state index in [-0.39, 0.29) is 22.0 Å². The summed E-state index contributed by atoms with van der Waals surface area (Å²) < 4.78 is 28.7. The van der Waals surface area contributed by atoms with Crippen LogP contribution in [0.1, 0.15) is 40.4 Å². The molecule has 0 aliphatic rings. The largest absolute Gasteiger partial charge is 0.464 e. The minimum atomic E-state index is -4.10. The zero-order chi connectivity index (χ0) is 18.2. The van der Waals surface area contributed by atoms with E-state index >= 15 is 0 Å². The van der Waals surface area contributed by atoms with E-state index in [1.165, 1.54) is 13.8 Å². The van der Waals surface area contributed by atoms with Crippen LogP contribution in [-0.2, 0) is 10.0 Å². The normalized spacial score (nSPS) is 12.9. The highest BCUT2D eigenvalue weighted by atomic mass is 35.5. The third-order valence-electron chi connectivity index (χ3n) is 3.49. The molecule has 9 heteroatoms. The number of primary sulfonamides is 1. The highest BCUT2D eigenvalue weighted by Crippen LogP contribution is 2.29. The molecule has 0 aliphatic heterocycles. The fraction of sp³-hybridized carbons (Fsp3) is 0.267. The summed E-state index contributed by atoms with van der Waals surface area (Å²) in [4.78, 5) is 12.2. The van der Waals surface area contributed by atoms with E-state index in [0.717, 1.165) is 0 Å². The van der Waals surface area contributed by atoms with Gasteiger partial charge in [0.15, 0.2) is 0 Å². The van der Waals surface area contributed by atoms with E-state index in [1.54, 1.807) is 25.1 Å². The number of furan rings is 1. The Balaban J connectivity index is 2.37. The van der Waals surface area contributed by atoms with E-state index in [4.69, 9.17) is 32.8 Å². The number of halogens is 2. The van der Waals surface area contributed by atoms with E-state index < -0.39 is 22.0 Å². The molecule has 0 saturated carbocycles. The number of hydrogen-bond acceptors (Lipinski definition) is 4. The van der Waals surface area contributed by atoms with Crippen LogP contribution in [0.3, 0.4) is 0 Å². The Bertz CT molecular complexity index is 906. The molecule has 0 aliphatic carbocycles. The maximum Gasteiger partial charge on any atom is 0.256 e. The average Bonchev–Trinajstić information content (AvgIpc) is 2.72. The molecule has 0 saturated heterocycles. The van der Waals surface area contributed by atoms with Crippen molar-refractivity contribution < 1.29 is 17.6 Å². The molecule has 24 heavy (non-hydrogen) atoms. The average molecular weight is 391 g/mol. The van der Waals surface area contributed by atoms with E-state index in [0.29, 0.717) is 15.6 Å². The number of carbonyl (C=O) groups excluding carboxylic acids is 1. The molecular weight excluding hydrogens is 375 g/mol. The predicted molar refractivity (Wildman–Crippen MR) is 91.9 cm³/mol. The van der Waals surface area contributed by atoms with Crippen LogP contribution < -0.4 is 10.5 Å². The fourth-order valence-electron chi connectivity index (χ4n) is 2.47. The van der Waals surface area contributed by atoms with Crippen LogP contribution in [0, 0.1) is 13.8 Å². The summed E-state index contributed by atoms with van der Waals surface area (Å²) in [5.74, 6) is -0.382. The molecule has 2 rings (SSSR count). The van der Waals surface area contributed by atoms with E-state index in [1.807, 2.05) is 0 Å². The van der Waals surface area contributed by atoms with Gasteiger partial charge in [-0.2, -0.15) is 0 Å². The zero-order valence-corrected chi connectivity index (χ0v) is 15.5. The van der Waals surface area contributed by atoms with Crippen LogP contribution >= 0.6 is 23.2 Å². The monoisotopic (exact) mass is 390 g/mol. The van der Waals surface area contributed by atoms with Gasteiger partial charge < -0.3 is 9.73 Å². The predicted octanol–water partition coefficient (Wildman–Crippen LogP) is 3.34. The molecule has 130 valence electrons. The van der Waals surface area contributed by atoms with Crippen molar-refractivity contribution in [1.82, 2.24) is 5.32 Å². The summed E-state index contributed by atoms with van der Waals surface area (Å²) in [5.41, 5.74) is 0.538. The van der Waals surface area contributed by atoms with Crippen molar-refractivity contribution in [3.63, 3.8) is 0 Å². The highest BCUT2D eigenvalue weighted by Gasteiger charge is 2.29. The second-order valence-electron chi connectivity index (χ2n) is 5.32. The number of carbonyl (C=O) groups is 1. The number of amides is 1. The van der Waals surface area contributed by atoms with Gasteiger partial charge in [-0.3, -0.25) is 4.79 Å². The van der Waals surface area contributed by atoms with Gasteiger partial charge in [0, 0.05) is 10.0 Å². The lowest BCUT2D eigenvalue weighted by atomic mass is 10.1. The number of aryl methyl sites for hydroxylation is 2. The van der Waals surface area contributed by atoms with Crippen molar-refractivity contribution in [3.05, 3.63) is 50.9 Å². The summed E-state index contributed by atoms with van der Waals surface area (Å²) >= 11 is 12.0. The SMILES string of the molecule is Cc1oc(C)c(S(N)(=O)=O)c1C(=O)NC(C)c1ccc(Cl)cc1Cl. The zero-order valence-electron chi connectivity index (χ0n) is 13.2. The first kappa shape index (κ1) is 18.8. The minimum Gasteiger partial charge on any atom is -0.464 e. The standard InChI is InChI=1S/C15H16Cl2N2O4S/c1-7(11-5-4-10(16)6-12(11)17)19-15(20)13-8(2)23-9(3)14(13)24(18,21)22/h4-7H,1-3H3,(H,19,20)(H2,18,21,22). The van der Waals surface area contributed by atoms with Crippen LogP contribution in [0.4, 0.5) is 0 Å². The molecule has 0 radical (unpaired) electrons. The number of nitrogens with one attached hydrogen (secondary N) is 1. The van der Waals surface area contributed by atoms with Crippen LogP contribution in [0.2, 0.25) is 10.0 Å². The summed E-state index contributed by atoms with van der Waals surface area (Å²) in [7, 11) is -4.10. The van der Waals surface area contributed by atoms with Crippen molar-refractivity contribution in [3.8, 4) is 0 Å². The van der Waals surface area contributed by atoms with Crippen LogP contribution in [-0.4, -0.2) is 14.3 Å².